The Kier molecular flexibility index (Phi) is 3.99. The molecule has 0 amide bonds. The Morgan fingerprint density at radius 2 is 2.12 bits per heavy atom. The standard InChI is InChI=1S/C12H18BrN3O/c1-2-17-12(6-4-3-5-7-12)11-15-8-9(13)10(14)16-11/h8H,2-7H2,1H3,(H2,14,15,16). The molecule has 1 aliphatic rings. The second kappa shape index (κ2) is 5.31. The van der Waals surface area contributed by atoms with Crippen LogP contribution >= 0.6 is 15.9 Å². The number of nitrogens with zero attached hydrogens (tertiary/aromatic N) is 2. The number of aromatic nitrogens is 2. The van der Waals surface area contributed by atoms with E-state index in [4.69, 9.17) is 10.5 Å². The van der Waals surface area contributed by atoms with Gasteiger partial charge in [0.15, 0.2) is 5.82 Å². The lowest BCUT2D eigenvalue weighted by Gasteiger charge is -2.35. The third-order valence-corrected chi connectivity index (χ3v) is 3.87. The molecule has 1 aliphatic carbocycles. The minimum absolute atomic E-state index is 0.318. The van der Waals surface area contributed by atoms with E-state index in [9.17, 15) is 0 Å². The molecule has 2 rings (SSSR count). The molecule has 17 heavy (non-hydrogen) atoms. The highest BCUT2D eigenvalue weighted by molar-refractivity contribution is 9.10. The first-order valence-corrected chi connectivity index (χ1v) is 6.90. The molecule has 0 radical (unpaired) electrons. The smallest absolute Gasteiger partial charge is 0.162 e. The first-order valence-electron chi connectivity index (χ1n) is 6.10. The summed E-state index contributed by atoms with van der Waals surface area (Å²) in [5.41, 5.74) is 5.51. The number of nitrogen functional groups attached to an aromatic ring is 1. The zero-order valence-electron chi connectivity index (χ0n) is 10.1. The van der Waals surface area contributed by atoms with Crippen LogP contribution in [0.1, 0.15) is 44.9 Å². The molecule has 1 fully saturated rings. The number of rotatable bonds is 3. The monoisotopic (exact) mass is 299 g/mol. The molecule has 0 saturated heterocycles. The maximum atomic E-state index is 5.96. The summed E-state index contributed by atoms with van der Waals surface area (Å²) in [5.74, 6) is 1.22. The van der Waals surface area contributed by atoms with E-state index in [0.717, 1.165) is 23.1 Å². The van der Waals surface area contributed by atoms with Gasteiger partial charge in [0.25, 0.3) is 0 Å². The van der Waals surface area contributed by atoms with Crippen molar-refractivity contribution in [3.8, 4) is 0 Å². The summed E-state index contributed by atoms with van der Waals surface area (Å²) >= 11 is 3.32. The van der Waals surface area contributed by atoms with Crippen molar-refractivity contribution in [1.29, 1.82) is 0 Å². The van der Waals surface area contributed by atoms with Crippen LogP contribution in [0.3, 0.4) is 0 Å². The van der Waals surface area contributed by atoms with E-state index in [1.807, 2.05) is 6.92 Å². The molecule has 94 valence electrons. The predicted octanol–water partition coefficient (Wildman–Crippen LogP) is 3.02. The summed E-state index contributed by atoms with van der Waals surface area (Å²) in [4.78, 5) is 8.77. The van der Waals surface area contributed by atoms with Crippen molar-refractivity contribution >= 4 is 21.7 Å². The molecule has 0 spiro atoms. The van der Waals surface area contributed by atoms with Crippen molar-refractivity contribution in [2.75, 3.05) is 12.3 Å². The van der Waals surface area contributed by atoms with Crippen LogP contribution in [0.5, 0.6) is 0 Å². The average molecular weight is 300 g/mol. The van der Waals surface area contributed by atoms with Gasteiger partial charge < -0.3 is 10.5 Å². The van der Waals surface area contributed by atoms with Gasteiger partial charge in [-0.2, -0.15) is 0 Å². The van der Waals surface area contributed by atoms with Crippen molar-refractivity contribution in [2.24, 2.45) is 0 Å². The molecule has 0 aliphatic heterocycles. The maximum absolute atomic E-state index is 5.96. The molecular weight excluding hydrogens is 282 g/mol. The fraction of sp³-hybridized carbons (Fsp3) is 0.667. The summed E-state index contributed by atoms with van der Waals surface area (Å²) in [6, 6.07) is 0. The van der Waals surface area contributed by atoms with Gasteiger partial charge in [0, 0.05) is 12.8 Å². The highest BCUT2D eigenvalue weighted by Crippen LogP contribution is 2.39. The summed E-state index contributed by atoms with van der Waals surface area (Å²) in [6.07, 6.45) is 7.29. The Bertz CT molecular complexity index is 386. The number of hydrogen-bond acceptors (Lipinski definition) is 4. The lowest BCUT2D eigenvalue weighted by Crippen LogP contribution is -2.34. The minimum atomic E-state index is -0.318. The molecule has 2 N–H and O–H groups in total. The molecule has 1 aromatic rings. The zero-order valence-corrected chi connectivity index (χ0v) is 11.7. The van der Waals surface area contributed by atoms with Crippen molar-refractivity contribution in [3.05, 3.63) is 16.5 Å². The van der Waals surface area contributed by atoms with Crippen LogP contribution in [0, 0.1) is 0 Å². The van der Waals surface area contributed by atoms with Crippen molar-refractivity contribution in [3.63, 3.8) is 0 Å². The lowest BCUT2D eigenvalue weighted by molar-refractivity contribution is -0.0766. The Labute approximate surface area is 110 Å². The quantitative estimate of drug-likeness (QED) is 0.932. The van der Waals surface area contributed by atoms with Crippen LogP contribution in [0.4, 0.5) is 5.82 Å². The van der Waals surface area contributed by atoms with Crippen LogP contribution in [-0.2, 0) is 10.3 Å². The van der Waals surface area contributed by atoms with Crippen molar-refractivity contribution in [1.82, 2.24) is 9.97 Å². The molecule has 0 unspecified atom stereocenters. The van der Waals surface area contributed by atoms with Gasteiger partial charge in [0.1, 0.15) is 11.4 Å². The Hall–Kier alpha value is -0.680. The largest absolute Gasteiger partial charge is 0.383 e. The van der Waals surface area contributed by atoms with Crippen LogP contribution in [0.15, 0.2) is 10.7 Å². The first kappa shape index (κ1) is 12.8. The Balaban J connectivity index is 2.34. The Morgan fingerprint density at radius 1 is 1.41 bits per heavy atom. The van der Waals surface area contributed by atoms with Gasteiger partial charge >= 0.3 is 0 Å². The van der Waals surface area contributed by atoms with Crippen molar-refractivity contribution in [2.45, 2.75) is 44.6 Å². The molecule has 1 saturated carbocycles. The second-order valence-electron chi connectivity index (χ2n) is 4.41. The normalized spacial score (nSPS) is 19.2. The molecular formula is C12H18BrN3O. The van der Waals surface area contributed by atoms with E-state index in [2.05, 4.69) is 25.9 Å². The minimum Gasteiger partial charge on any atom is -0.383 e. The summed E-state index contributed by atoms with van der Waals surface area (Å²) in [6.45, 7) is 2.69. The van der Waals surface area contributed by atoms with E-state index in [-0.39, 0.29) is 5.60 Å². The highest BCUT2D eigenvalue weighted by atomic mass is 79.9. The van der Waals surface area contributed by atoms with Gasteiger partial charge in [-0.25, -0.2) is 9.97 Å². The summed E-state index contributed by atoms with van der Waals surface area (Å²) in [7, 11) is 0. The van der Waals surface area contributed by atoms with Gasteiger partial charge in [-0.05, 0) is 35.7 Å². The first-order chi connectivity index (χ1) is 8.18. The summed E-state index contributed by atoms with van der Waals surface area (Å²) in [5, 5.41) is 0. The van der Waals surface area contributed by atoms with E-state index < -0.39 is 0 Å². The lowest BCUT2D eigenvalue weighted by atomic mass is 9.84. The van der Waals surface area contributed by atoms with Crippen LogP contribution in [0.2, 0.25) is 0 Å². The average Bonchev–Trinajstić information content (AvgIpc) is 2.34. The van der Waals surface area contributed by atoms with E-state index in [1.165, 1.54) is 19.3 Å². The zero-order chi connectivity index (χ0) is 12.3. The fourth-order valence-electron chi connectivity index (χ4n) is 2.43. The van der Waals surface area contributed by atoms with Gasteiger partial charge in [0.2, 0.25) is 0 Å². The van der Waals surface area contributed by atoms with E-state index in [0.29, 0.717) is 12.4 Å². The predicted molar refractivity (Wildman–Crippen MR) is 70.5 cm³/mol. The van der Waals surface area contributed by atoms with Crippen LogP contribution in [0.25, 0.3) is 0 Å². The molecule has 1 aromatic heterocycles. The van der Waals surface area contributed by atoms with Crippen LogP contribution in [-0.4, -0.2) is 16.6 Å². The topological polar surface area (TPSA) is 61.0 Å². The van der Waals surface area contributed by atoms with Gasteiger partial charge in [-0.15, -0.1) is 0 Å². The Morgan fingerprint density at radius 3 is 2.71 bits per heavy atom. The van der Waals surface area contributed by atoms with Crippen molar-refractivity contribution < 1.29 is 4.74 Å². The molecule has 0 aromatic carbocycles. The fourth-order valence-corrected chi connectivity index (χ4v) is 2.62. The molecule has 4 nitrogen and oxygen atoms in total. The number of ether oxygens (including phenoxy) is 1. The van der Waals surface area contributed by atoms with Crippen LogP contribution < -0.4 is 5.73 Å². The van der Waals surface area contributed by atoms with E-state index in [1.54, 1.807) is 6.20 Å². The number of hydrogen-bond donors (Lipinski definition) is 1. The van der Waals surface area contributed by atoms with Gasteiger partial charge in [-0.3, -0.25) is 0 Å². The highest BCUT2D eigenvalue weighted by Gasteiger charge is 2.37. The maximum Gasteiger partial charge on any atom is 0.162 e. The SMILES string of the molecule is CCOC1(c2ncc(Br)c(N)n2)CCCCC1. The van der Waals surface area contributed by atoms with Gasteiger partial charge in [0.05, 0.1) is 4.47 Å². The number of nitrogens with two attached hydrogens (primary N) is 1. The van der Waals surface area contributed by atoms with Gasteiger partial charge in [-0.1, -0.05) is 19.3 Å². The van der Waals surface area contributed by atoms with E-state index >= 15 is 0 Å². The molecule has 1 heterocycles. The molecule has 0 atom stereocenters. The second-order valence-corrected chi connectivity index (χ2v) is 5.27. The number of anilines is 1. The number of halogens is 1. The molecule has 5 heteroatoms. The molecule has 0 bridgehead atoms. The third kappa shape index (κ3) is 2.60. The third-order valence-electron chi connectivity index (χ3n) is 3.26. The summed E-state index contributed by atoms with van der Waals surface area (Å²) < 4.78 is 6.70.